The number of aliphatic hydroxyl groups is 1. The smallest absolute Gasteiger partial charge is 0.416 e. The van der Waals surface area contributed by atoms with E-state index in [1.807, 2.05) is 0 Å². The van der Waals surface area contributed by atoms with Gasteiger partial charge in [0.05, 0.1) is 31.1 Å². The van der Waals surface area contributed by atoms with E-state index in [9.17, 15) is 42.8 Å². The molecule has 3 atom stereocenters. The number of aliphatic hydroxyl groups excluding tert-OH is 1. The third-order valence-corrected chi connectivity index (χ3v) is 5.10. The topological polar surface area (TPSA) is 145 Å². The van der Waals surface area contributed by atoms with Gasteiger partial charge in [0.1, 0.15) is 6.04 Å². The summed E-state index contributed by atoms with van der Waals surface area (Å²) in [5, 5.41) is 23.5. The van der Waals surface area contributed by atoms with Crippen molar-refractivity contribution in [3.8, 4) is 0 Å². The molecule has 0 fully saturated rings. The van der Waals surface area contributed by atoms with Crippen molar-refractivity contribution >= 4 is 23.5 Å². The molecule has 0 aliphatic heterocycles. The van der Waals surface area contributed by atoms with Crippen LogP contribution in [0.25, 0.3) is 0 Å². The Balaban J connectivity index is 2.36. The lowest BCUT2D eigenvalue weighted by molar-refractivity contribution is -0.384. The van der Waals surface area contributed by atoms with Crippen LogP contribution < -0.4 is 5.32 Å². The van der Waals surface area contributed by atoms with E-state index in [0.717, 1.165) is 38.5 Å². The summed E-state index contributed by atoms with van der Waals surface area (Å²) >= 11 is 0. The van der Waals surface area contributed by atoms with Gasteiger partial charge in [0.15, 0.2) is 6.10 Å². The van der Waals surface area contributed by atoms with Gasteiger partial charge in [-0.3, -0.25) is 19.7 Å². The van der Waals surface area contributed by atoms with Crippen LogP contribution in [-0.4, -0.2) is 48.1 Å². The van der Waals surface area contributed by atoms with Gasteiger partial charge < -0.3 is 19.9 Å². The van der Waals surface area contributed by atoms with E-state index in [0.29, 0.717) is 12.1 Å². The highest BCUT2D eigenvalue weighted by Gasteiger charge is 2.36. The first-order chi connectivity index (χ1) is 16.4. The summed E-state index contributed by atoms with van der Waals surface area (Å²) in [6.07, 6.45) is -7.03. The molecule has 0 aromatic heterocycles. The number of nitro groups is 1. The molecule has 0 saturated carbocycles. The van der Waals surface area contributed by atoms with Crippen LogP contribution in [0, 0.1) is 10.1 Å². The Morgan fingerprint density at radius 1 is 1.00 bits per heavy atom. The molecule has 188 valence electrons. The molecule has 0 radical (unpaired) electrons. The third-order valence-electron chi connectivity index (χ3n) is 5.10. The Morgan fingerprint density at radius 3 is 2.00 bits per heavy atom. The monoisotopic (exact) mass is 498 g/mol. The van der Waals surface area contributed by atoms with Gasteiger partial charge in [0, 0.05) is 18.1 Å². The van der Waals surface area contributed by atoms with Crippen LogP contribution in [0.4, 0.5) is 18.9 Å². The standard InChI is InChI=1S/C22H21F3N2O8/c1-34-17(28)11-16(12-5-9-15(10-6-12)27(32)33)18(21(31)35-2)26-20(30)19(29)13-3-7-14(8-4-13)22(23,24)25/h3-10,16,18-19,29H,11H2,1-2H3,(H,26,30)/t16-,18-,19+/m1/s1. The third kappa shape index (κ3) is 6.99. The van der Waals surface area contributed by atoms with Crippen LogP contribution in [0.2, 0.25) is 0 Å². The first-order valence-electron chi connectivity index (χ1n) is 9.93. The van der Waals surface area contributed by atoms with E-state index in [2.05, 4.69) is 10.1 Å². The molecule has 0 spiro atoms. The minimum absolute atomic E-state index is 0.182. The van der Waals surface area contributed by atoms with Crippen molar-refractivity contribution in [3.05, 3.63) is 75.3 Å². The van der Waals surface area contributed by atoms with E-state index >= 15 is 0 Å². The molecule has 0 aliphatic carbocycles. The van der Waals surface area contributed by atoms with E-state index in [1.165, 1.54) is 12.1 Å². The number of amides is 1. The second kappa shape index (κ2) is 11.4. The number of rotatable bonds is 9. The van der Waals surface area contributed by atoms with E-state index in [4.69, 9.17) is 4.74 Å². The fraction of sp³-hybridized carbons (Fsp3) is 0.318. The highest BCUT2D eigenvalue weighted by Crippen LogP contribution is 2.31. The normalized spacial score (nSPS) is 13.8. The van der Waals surface area contributed by atoms with Gasteiger partial charge in [0.25, 0.3) is 11.6 Å². The maximum Gasteiger partial charge on any atom is 0.416 e. The van der Waals surface area contributed by atoms with Gasteiger partial charge in [-0.15, -0.1) is 0 Å². The molecule has 1 amide bonds. The number of nitrogens with one attached hydrogen (secondary N) is 1. The van der Waals surface area contributed by atoms with E-state index < -0.39 is 59.0 Å². The van der Waals surface area contributed by atoms with Crippen molar-refractivity contribution in [2.24, 2.45) is 0 Å². The van der Waals surface area contributed by atoms with E-state index in [1.54, 1.807) is 0 Å². The van der Waals surface area contributed by atoms with Crippen LogP contribution in [-0.2, 0) is 30.0 Å². The quantitative estimate of drug-likeness (QED) is 0.305. The fourth-order valence-electron chi connectivity index (χ4n) is 3.22. The summed E-state index contributed by atoms with van der Waals surface area (Å²) < 4.78 is 47.6. The molecule has 0 aliphatic rings. The molecule has 2 rings (SSSR count). The Hall–Kier alpha value is -4.00. The average molecular weight is 498 g/mol. The predicted octanol–water partition coefficient (Wildman–Crippen LogP) is 2.65. The molecule has 2 N–H and O–H groups in total. The summed E-state index contributed by atoms with van der Waals surface area (Å²) in [6.45, 7) is 0. The number of methoxy groups -OCH3 is 2. The Morgan fingerprint density at radius 2 is 1.54 bits per heavy atom. The molecule has 0 unspecified atom stereocenters. The number of non-ortho nitro benzene ring substituents is 1. The maximum atomic E-state index is 12.8. The molecule has 0 bridgehead atoms. The first-order valence-corrected chi connectivity index (χ1v) is 9.93. The molecule has 2 aromatic carbocycles. The molecule has 0 saturated heterocycles. The number of carbonyl (C=O) groups excluding carboxylic acids is 3. The molecule has 10 nitrogen and oxygen atoms in total. The molecular weight excluding hydrogens is 477 g/mol. The predicted molar refractivity (Wildman–Crippen MR) is 113 cm³/mol. The SMILES string of the molecule is COC(=O)C[C@H](c1ccc([N+](=O)[O-])cc1)[C@@H](NC(=O)[C@@H](O)c1ccc(C(F)(F)F)cc1)C(=O)OC. The van der Waals surface area contributed by atoms with Crippen LogP contribution in [0.5, 0.6) is 0 Å². The van der Waals surface area contributed by atoms with Crippen molar-refractivity contribution < 1.29 is 47.1 Å². The van der Waals surface area contributed by atoms with Gasteiger partial charge in [0.2, 0.25) is 0 Å². The summed E-state index contributed by atoms with van der Waals surface area (Å²) in [6, 6.07) is 6.43. The molecule has 0 heterocycles. The maximum absolute atomic E-state index is 12.8. The number of carbonyl (C=O) groups is 3. The first kappa shape index (κ1) is 27.2. The van der Waals surface area contributed by atoms with Gasteiger partial charge in [-0.25, -0.2) is 4.79 Å². The number of alkyl halides is 3. The van der Waals surface area contributed by atoms with Gasteiger partial charge in [-0.2, -0.15) is 13.2 Å². The summed E-state index contributed by atoms with van der Waals surface area (Å²) in [7, 11) is 2.11. The number of nitrogens with zero attached hydrogens (tertiary/aromatic N) is 1. The average Bonchev–Trinajstić information content (AvgIpc) is 2.84. The van der Waals surface area contributed by atoms with Crippen molar-refractivity contribution in [1.82, 2.24) is 5.32 Å². The largest absolute Gasteiger partial charge is 0.469 e. The number of benzene rings is 2. The number of hydrogen-bond donors (Lipinski definition) is 2. The second-order valence-electron chi connectivity index (χ2n) is 7.27. The molecular formula is C22H21F3N2O8. The minimum atomic E-state index is -4.62. The number of nitro benzene ring substituents is 1. The van der Waals surface area contributed by atoms with Crippen molar-refractivity contribution in [2.45, 2.75) is 30.7 Å². The lowest BCUT2D eigenvalue weighted by Crippen LogP contribution is -2.47. The zero-order valence-corrected chi connectivity index (χ0v) is 18.4. The molecule has 2 aromatic rings. The highest BCUT2D eigenvalue weighted by molar-refractivity contribution is 5.88. The van der Waals surface area contributed by atoms with Gasteiger partial charge in [-0.1, -0.05) is 24.3 Å². The molecule has 35 heavy (non-hydrogen) atoms. The Bertz CT molecular complexity index is 1070. The van der Waals surface area contributed by atoms with Crippen LogP contribution >= 0.6 is 0 Å². The zero-order valence-electron chi connectivity index (χ0n) is 18.4. The van der Waals surface area contributed by atoms with Gasteiger partial charge >= 0.3 is 18.1 Å². The molecule has 13 heteroatoms. The summed E-state index contributed by atoms with van der Waals surface area (Å²) in [5.41, 5.74) is -1.20. The number of esters is 2. The number of hydrogen-bond acceptors (Lipinski definition) is 8. The summed E-state index contributed by atoms with van der Waals surface area (Å²) in [5.74, 6) is -4.07. The van der Waals surface area contributed by atoms with Crippen molar-refractivity contribution in [1.29, 1.82) is 0 Å². The van der Waals surface area contributed by atoms with Crippen LogP contribution in [0.15, 0.2) is 48.5 Å². The van der Waals surface area contributed by atoms with E-state index in [-0.39, 0.29) is 16.8 Å². The minimum Gasteiger partial charge on any atom is -0.469 e. The van der Waals surface area contributed by atoms with Crippen LogP contribution in [0.1, 0.15) is 35.1 Å². The lowest BCUT2D eigenvalue weighted by atomic mass is 9.88. The highest BCUT2D eigenvalue weighted by atomic mass is 19.4. The second-order valence-corrected chi connectivity index (χ2v) is 7.27. The zero-order chi connectivity index (χ0) is 26.3. The fourth-order valence-corrected chi connectivity index (χ4v) is 3.22. The number of halogens is 3. The summed E-state index contributed by atoms with van der Waals surface area (Å²) in [4.78, 5) is 47.5. The Labute approximate surface area is 196 Å². The number of ether oxygens (including phenoxy) is 2. The van der Waals surface area contributed by atoms with Crippen LogP contribution in [0.3, 0.4) is 0 Å². The van der Waals surface area contributed by atoms with Crippen molar-refractivity contribution in [2.75, 3.05) is 14.2 Å². The van der Waals surface area contributed by atoms with Crippen molar-refractivity contribution in [3.63, 3.8) is 0 Å². The lowest BCUT2D eigenvalue weighted by Gasteiger charge is -2.27. The van der Waals surface area contributed by atoms with Gasteiger partial charge in [-0.05, 0) is 23.3 Å². The Kier molecular flexibility index (Phi) is 8.89.